The van der Waals surface area contributed by atoms with E-state index in [2.05, 4.69) is 28.2 Å². The van der Waals surface area contributed by atoms with E-state index in [4.69, 9.17) is 0 Å². The molecule has 1 unspecified atom stereocenters. The molecule has 1 atom stereocenters. The van der Waals surface area contributed by atoms with Crippen LogP contribution in [0.15, 0.2) is 22.7 Å². The normalized spacial score (nSPS) is 17.4. The van der Waals surface area contributed by atoms with Crippen LogP contribution in [-0.2, 0) is 6.42 Å². The van der Waals surface area contributed by atoms with Crippen LogP contribution in [0.25, 0.3) is 0 Å². The van der Waals surface area contributed by atoms with Gasteiger partial charge in [-0.3, -0.25) is 0 Å². The van der Waals surface area contributed by atoms with Crippen molar-refractivity contribution in [2.24, 2.45) is 5.92 Å². The van der Waals surface area contributed by atoms with Crippen molar-refractivity contribution in [1.29, 1.82) is 0 Å². The molecule has 1 aromatic rings. The number of benzene rings is 1. The van der Waals surface area contributed by atoms with Gasteiger partial charge in [-0.2, -0.15) is 0 Å². The summed E-state index contributed by atoms with van der Waals surface area (Å²) in [6.45, 7) is 3.07. The summed E-state index contributed by atoms with van der Waals surface area (Å²) in [5.41, 5.74) is 0.782. The zero-order chi connectivity index (χ0) is 11.5. The maximum atomic E-state index is 13.4. The Morgan fingerprint density at radius 3 is 2.94 bits per heavy atom. The molecule has 1 aliphatic rings. The van der Waals surface area contributed by atoms with Crippen molar-refractivity contribution in [3.8, 4) is 0 Å². The Bertz CT molecular complexity index is 363. The zero-order valence-corrected chi connectivity index (χ0v) is 11.1. The first-order valence-electron chi connectivity index (χ1n) is 5.84. The molecule has 1 nitrogen and oxygen atoms in total. The highest BCUT2D eigenvalue weighted by atomic mass is 79.9. The van der Waals surface area contributed by atoms with Crippen molar-refractivity contribution >= 4 is 15.9 Å². The Kier molecular flexibility index (Phi) is 3.98. The molecular formula is C13H17BrFN. The predicted molar refractivity (Wildman–Crippen MR) is 68.0 cm³/mol. The third-order valence-corrected chi connectivity index (χ3v) is 3.69. The Labute approximate surface area is 105 Å². The molecule has 0 aliphatic heterocycles. The maximum absolute atomic E-state index is 13.4. The Balaban J connectivity index is 1.81. The van der Waals surface area contributed by atoms with Crippen molar-refractivity contribution < 1.29 is 4.39 Å². The Morgan fingerprint density at radius 1 is 1.50 bits per heavy atom. The van der Waals surface area contributed by atoms with Gasteiger partial charge in [-0.25, -0.2) is 4.39 Å². The van der Waals surface area contributed by atoms with E-state index in [9.17, 15) is 4.39 Å². The molecule has 0 heterocycles. The van der Waals surface area contributed by atoms with E-state index in [1.54, 1.807) is 6.07 Å². The molecule has 88 valence electrons. The number of hydrogen-bond acceptors (Lipinski definition) is 1. The summed E-state index contributed by atoms with van der Waals surface area (Å²) >= 11 is 3.36. The molecule has 0 aromatic heterocycles. The summed E-state index contributed by atoms with van der Waals surface area (Å²) in [5.74, 6) is 0.747. The average Bonchev–Trinajstić information content (AvgIpc) is 3.06. The standard InChI is InChI=1S/C13H17BrFN/c1-9(10-2-3-10)16-7-6-11-8-12(14)4-5-13(11)15/h4-5,8-10,16H,2-3,6-7H2,1H3. The van der Waals surface area contributed by atoms with E-state index >= 15 is 0 Å². The minimum atomic E-state index is -0.107. The highest BCUT2D eigenvalue weighted by molar-refractivity contribution is 9.10. The Morgan fingerprint density at radius 2 is 2.25 bits per heavy atom. The highest BCUT2D eigenvalue weighted by Gasteiger charge is 2.27. The summed E-state index contributed by atoms with van der Waals surface area (Å²) in [5, 5.41) is 3.46. The predicted octanol–water partition coefficient (Wildman–Crippen LogP) is 3.52. The van der Waals surface area contributed by atoms with Crippen molar-refractivity contribution in [3.05, 3.63) is 34.1 Å². The SMILES string of the molecule is CC(NCCc1cc(Br)ccc1F)C1CC1. The van der Waals surface area contributed by atoms with Crippen LogP contribution in [0.3, 0.4) is 0 Å². The molecule has 1 aliphatic carbocycles. The van der Waals surface area contributed by atoms with Crippen LogP contribution in [0.1, 0.15) is 25.3 Å². The molecule has 1 fully saturated rings. The monoisotopic (exact) mass is 285 g/mol. The summed E-state index contributed by atoms with van der Waals surface area (Å²) in [6.07, 6.45) is 3.45. The molecule has 0 radical (unpaired) electrons. The lowest BCUT2D eigenvalue weighted by atomic mass is 10.1. The van der Waals surface area contributed by atoms with Crippen LogP contribution in [-0.4, -0.2) is 12.6 Å². The van der Waals surface area contributed by atoms with E-state index < -0.39 is 0 Å². The maximum Gasteiger partial charge on any atom is 0.126 e. The molecule has 16 heavy (non-hydrogen) atoms. The number of nitrogens with one attached hydrogen (secondary N) is 1. The summed E-state index contributed by atoms with van der Waals surface area (Å²) in [6, 6.07) is 5.69. The highest BCUT2D eigenvalue weighted by Crippen LogP contribution is 2.32. The largest absolute Gasteiger partial charge is 0.314 e. The molecule has 3 heteroatoms. The fourth-order valence-electron chi connectivity index (χ4n) is 1.93. The van der Waals surface area contributed by atoms with E-state index in [1.165, 1.54) is 18.9 Å². The van der Waals surface area contributed by atoms with Crippen molar-refractivity contribution in [1.82, 2.24) is 5.32 Å². The van der Waals surface area contributed by atoms with E-state index in [-0.39, 0.29) is 5.82 Å². The second kappa shape index (κ2) is 5.28. The van der Waals surface area contributed by atoms with Gasteiger partial charge in [0.2, 0.25) is 0 Å². The van der Waals surface area contributed by atoms with Gasteiger partial charge in [-0.05, 0) is 62.4 Å². The van der Waals surface area contributed by atoms with Gasteiger partial charge in [-0.15, -0.1) is 0 Å². The lowest BCUT2D eigenvalue weighted by Crippen LogP contribution is -2.29. The number of rotatable bonds is 5. The average molecular weight is 286 g/mol. The molecule has 0 bridgehead atoms. The first-order valence-corrected chi connectivity index (χ1v) is 6.63. The van der Waals surface area contributed by atoms with Gasteiger partial charge < -0.3 is 5.32 Å². The summed E-state index contributed by atoms with van der Waals surface area (Å²) < 4.78 is 14.4. The first-order chi connectivity index (χ1) is 7.66. The van der Waals surface area contributed by atoms with Gasteiger partial charge in [0.05, 0.1) is 0 Å². The van der Waals surface area contributed by atoms with Gasteiger partial charge in [0, 0.05) is 10.5 Å². The summed E-state index contributed by atoms with van der Waals surface area (Å²) in [7, 11) is 0. The van der Waals surface area contributed by atoms with Gasteiger partial charge >= 0.3 is 0 Å². The lowest BCUT2D eigenvalue weighted by molar-refractivity contribution is 0.495. The van der Waals surface area contributed by atoms with Crippen LogP contribution >= 0.6 is 15.9 Å². The van der Waals surface area contributed by atoms with Gasteiger partial charge in [0.15, 0.2) is 0 Å². The number of halogens is 2. The smallest absolute Gasteiger partial charge is 0.126 e. The van der Waals surface area contributed by atoms with E-state index in [1.807, 2.05) is 6.07 Å². The van der Waals surface area contributed by atoms with Crippen LogP contribution < -0.4 is 5.32 Å². The quantitative estimate of drug-likeness (QED) is 0.873. The third-order valence-electron chi connectivity index (χ3n) is 3.20. The zero-order valence-electron chi connectivity index (χ0n) is 9.47. The van der Waals surface area contributed by atoms with Crippen LogP contribution in [0.2, 0.25) is 0 Å². The molecular weight excluding hydrogens is 269 g/mol. The first kappa shape index (κ1) is 12.1. The molecule has 0 spiro atoms. The molecule has 1 saturated carbocycles. The third kappa shape index (κ3) is 3.29. The second-order valence-electron chi connectivity index (χ2n) is 4.57. The topological polar surface area (TPSA) is 12.0 Å². The molecule has 0 amide bonds. The van der Waals surface area contributed by atoms with Crippen LogP contribution in [0.5, 0.6) is 0 Å². The minimum absolute atomic E-state index is 0.107. The number of hydrogen-bond donors (Lipinski definition) is 1. The fourth-order valence-corrected chi connectivity index (χ4v) is 2.34. The van der Waals surface area contributed by atoms with Crippen molar-refractivity contribution in [3.63, 3.8) is 0 Å². The fraction of sp³-hybridized carbons (Fsp3) is 0.538. The van der Waals surface area contributed by atoms with Crippen molar-refractivity contribution in [2.75, 3.05) is 6.54 Å². The van der Waals surface area contributed by atoms with Crippen LogP contribution in [0, 0.1) is 11.7 Å². The van der Waals surface area contributed by atoms with E-state index in [0.717, 1.165) is 28.9 Å². The van der Waals surface area contributed by atoms with Crippen molar-refractivity contribution in [2.45, 2.75) is 32.2 Å². The summed E-state index contributed by atoms with van der Waals surface area (Å²) in [4.78, 5) is 0. The molecule has 2 rings (SSSR count). The molecule has 1 N–H and O–H groups in total. The minimum Gasteiger partial charge on any atom is -0.314 e. The lowest BCUT2D eigenvalue weighted by Gasteiger charge is -2.12. The van der Waals surface area contributed by atoms with Gasteiger partial charge in [-0.1, -0.05) is 15.9 Å². The van der Waals surface area contributed by atoms with Crippen LogP contribution in [0.4, 0.5) is 4.39 Å². The Hall–Kier alpha value is -0.410. The van der Waals surface area contributed by atoms with Gasteiger partial charge in [0.25, 0.3) is 0 Å². The molecule has 0 saturated heterocycles. The van der Waals surface area contributed by atoms with Gasteiger partial charge in [0.1, 0.15) is 5.82 Å². The molecule has 1 aromatic carbocycles. The van der Waals surface area contributed by atoms with E-state index in [0.29, 0.717) is 6.04 Å². The second-order valence-corrected chi connectivity index (χ2v) is 5.48.